The normalized spacial score (nSPS) is 21.6. The molecule has 1 aromatic carbocycles. The number of hydrogen-bond donors (Lipinski definition) is 2. The van der Waals surface area contributed by atoms with Crippen LogP contribution in [0.5, 0.6) is 5.75 Å². The van der Waals surface area contributed by atoms with E-state index in [0.717, 1.165) is 12.8 Å². The van der Waals surface area contributed by atoms with E-state index in [4.69, 9.17) is 4.74 Å². The highest BCUT2D eigenvalue weighted by Gasteiger charge is 2.35. The Morgan fingerprint density at radius 3 is 2.57 bits per heavy atom. The summed E-state index contributed by atoms with van der Waals surface area (Å²) in [6.07, 6.45) is 2.96. The number of carboxylic acids is 1. The van der Waals surface area contributed by atoms with Gasteiger partial charge in [0.1, 0.15) is 5.75 Å². The lowest BCUT2D eigenvalue weighted by atomic mass is 9.78. The molecule has 1 aliphatic carbocycles. The Hall–Kier alpha value is -2.04. The number of benzene rings is 1. The van der Waals surface area contributed by atoms with Crippen molar-refractivity contribution in [1.82, 2.24) is 0 Å². The molecule has 1 saturated carbocycles. The fourth-order valence-electron chi connectivity index (χ4n) is 2.82. The summed E-state index contributed by atoms with van der Waals surface area (Å²) in [5.74, 6) is -1.55. The molecule has 0 saturated heterocycles. The molecule has 2 atom stereocenters. The van der Waals surface area contributed by atoms with Crippen LogP contribution < -0.4 is 10.1 Å². The predicted molar refractivity (Wildman–Crippen MR) is 79.3 cm³/mol. The van der Waals surface area contributed by atoms with Gasteiger partial charge in [0.15, 0.2) is 0 Å². The molecule has 2 rings (SSSR count). The van der Waals surface area contributed by atoms with Gasteiger partial charge in [-0.2, -0.15) is 0 Å². The second-order valence-electron chi connectivity index (χ2n) is 5.25. The fourth-order valence-corrected chi connectivity index (χ4v) is 2.82. The minimum atomic E-state index is -0.882. The molecule has 1 aliphatic rings. The van der Waals surface area contributed by atoms with Gasteiger partial charge in [-0.15, -0.1) is 0 Å². The lowest BCUT2D eigenvalue weighted by Gasteiger charge is -2.27. The summed E-state index contributed by atoms with van der Waals surface area (Å²) in [6, 6.07) is 7.20. The van der Waals surface area contributed by atoms with Crippen molar-refractivity contribution in [3.63, 3.8) is 0 Å². The van der Waals surface area contributed by atoms with Gasteiger partial charge in [-0.25, -0.2) is 0 Å². The maximum absolute atomic E-state index is 12.4. The van der Waals surface area contributed by atoms with E-state index in [9.17, 15) is 14.7 Å². The number of aliphatic carboxylic acids is 1. The van der Waals surface area contributed by atoms with Gasteiger partial charge in [0.25, 0.3) is 0 Å². The lowest BCUT2D eigenvalue weighted by Crippen LogP contribution is -2.36. The maximum Gasteiger partial charge on any atom is 0.307 e. The van der Waals surface area contributed by atoms with E-state index < -0.39 is 17.8 Å². The number of carboxylic acid groups (broad SMARTS) is 1. The molecular formula is C16H21NO4. The van der Waals surface area contributed by atoms with E-state index >= 15 is 0 Å². The van der Waals surface area contributed by atoms with E-state index in [0.29, 0.717) is 30.9 Å². The molecular weight excluding hydrogens is 270 g/mol. The standard InChI is InChI=1S/C16H21NO4/c1-2-21-14-10-6-5-9-13(14)17-15(18)11-7-3-4-8-12(11)16(19)20/h5-6,9-12H,2-4,7-8H2,1H3,(H,17,18)(H,19,20)/t11-,12+/m1/s1. The second kappa shape index (κ2) is 7.11. The first-order valence-electron chi connectivity index (χ1n) is 7.39. The van der Waals surface area contributed by atoms with Crippen molar-refractivity contribution in [2.45, 2.75) is 32.6 Å². The molecule has 0 heterocycles. The van der Waals surface area contributed by atoms with Crippen molar-refractivity contribution in [3.8, 4) is 5.75 Å². The molecule has 114 valence electrons. The third kappa shape index (κ3) is 3.74. The number of hydrogen-bond acceptors (Lipinski definition) is 3. The van der Waals surface area contributed by atoms with Crippen LogP contribution in [0.25, 0.3) is 0 Å². The van der Waals surface area contributed by atoms with E-state index in [1.807, 2.05) is 19.1 Å². The van der Waals surface area contributed by atoms with Crippen molar-refractivity contribution < 1.29 is 19.4 Å². The van der Waals surface area contributed by atoms with Crippen LogP contribution in [0.4, 0.5) is 5.69 Å². The minimum Gasteiger partial charge on any atom is -0.492 e. The molecule has 0 bridgehead atoms. The van der Waals surface area contributed by atoms with Crippen LogP contribution >= 0.6 is 0 Å². The first kappa shape index (κ1) is 15.4. The molecule has 1 amide bonds. The summed E-state index contributed by atoms with van der Waals surface area (Å²) < 4.78 is 5.47. The van der Waals surface area contributed by atoms with Gasteiger partial charge in [-0.3, -0.25) is 9.59 Å². The molecule has 1 aromatic rings. The second-order valence-corrected chi connectivity index (χ2v) is 5.25. The van der Waals surface area contributed by atoms with Gasteiger partial charge >= 0.3 is 5.97 Å². The zero-order valence-electron chi connectivity index (χ0n) is 12.2. The van der Waals surface area contributed by atoms with E-state index in [1.54, 1.807) is 12.1 Å². The average molecular weight is 291 g/mol. The lowest BCUT2D eigenvalue weighted by molar-refractivity contribution is -0.147. The monoisotopic (exact) mass is 291 g/mol. The van der Waals surface area contributed by atoms with Crippen LogP contribution in [0.15, 0.2) is 24.3 Å². The first-order valence-corrected chi connectivity index (χ1v) is 7.39. The topological polar surface area (TPSA) is 75.6 Å². The minimum absolute atomic E-state index is 0.228. The summed E-state index contributed by atoms with van der Waals surface area (Å²) in [5, 5.41) is 12.1. The number of carbonyl (C=O) groups excluding carboxylic acids is 1. The zero-order chi connectivity index (χ0) is 15.2. The Balaban J connectivity index is 2.11. The molecule has 5 nitrogen and oxygen atoms in total. The van der Waals surface area contributed by atoms with E-state index in [1.165, 1.54) is 0 Å². The van der Waals surface area contributed by atoms with Crippen molar-refractivity contribution in [2.24, 2.45) is 11.8 Å². The van der Waals surface area contributed by atoms with Crippen molar-refractivity contribution in [1.29, 1.82) is 0 Å². The Kier molecular flexibility index (Phi) is 5.20. The highest BCUT2D eigenvalue weighted by atomic mass is 16.5. The number of ether oxygens (including phenoxy) is 1. The van der Waals surface area contributed by atoms with Crippen LogP contribution in [0.1, 0.15) is 32.6 Å². The highest BCUT2D eigenvalue weighted by Crippen LogP contribution is 2.32. The van der Waals surface area contributed by atoms with Crippen LogP contribution in [-0.4, -0.2) is 23.6 Å². The first-order chi connectivity index (χ1) is 10.1. The SMILES string of the molecule is CCOc1ccccc1NC(=O)[C@@H]1CCCC[C@@H]1C(=O)O. The van der Waals surface area contributed by atoms with Crippen LogP contribution in [0.2, 0.25) is 0 Å². The molecule has 0 aliphatic heterocycles. The van der Waals surface area contributed by atoms with Gasteiger partial charge in [0.2, 0.25) is 5.91 Å². The van der Waals surface area contributed by atoms with Gasteiger partial charge < -0.3 is 15.2 Å². The molecule has 0 aromatic heterocycles. The number of nitrogens with one attached hydrogen (secondary N) is 1. The fraction of sp³-hybridized carbons (Fsp3) is 0.500. The van der Waals surface area contributed by atoms with Crippen molar-refractivity contribution >= 4 is 17.6 Å². The summed E-state index contributed by atoms with van der Waals surface area (Å²) in [6.45, 7) is 2.38. The van der Waals surface area contributed by atoms with E-state index in [2.05, 4.69) is 5.32 Å². The third-order valence-electron chi connectivity index (χ3n) is 3.86. The smallest absolute Gasteiger partial charge is 0.307 e. The highest BCUT2D eigenvalue weighted by molar-refractivity contribution is 5.96. The molecule has 21 heavy (non-hydrogen) atoms. The van der Waals surface area contributed by atoms with Crippen molar-refractivity contribution in [3.05, 3.63) is 24.3 Å². The number of anilines is 1. The quantitative estimate of drug-likeness (QED) is 0.874. The van der Waals surface area contributed by atoms with Gasteiger partial charge in [0.05, 0.1) is 24.1 Å². The molecule has 1 fully saturated rings. The summed E-state index contributed by atoms with van der Waals surface area (Å²) in [5.41, 5.74) is 0.596. The van der Waals surface area contributed by atoms with Crippen molar-refractivity contribution in [2.75, 3.05) is 11.9 Å². The maximum atomic E-state index is 12.4. The number of amides is 1. The molecule has 5 heteroatoms. The summed E-state index contributed by atoms with van der Waals surface area (Å²) >= 11 is 0. The zero-order valence-corrected chi connectivity index (χ0v) is 12.2. The van der Waals surface area contributed by atoms with E-state index in [-0.39, 0.29) is 5.91 Å². The summed E-state index contributed by atoms with van der Waals surface area (Å²) in [4.78, 5) is 23.7. The Labute approximate surface area is 124 Å². The third-order valence-corrected chi connectivity index (χ3v) is 3.86. The predicted octanol–water partition coefficient (Wildman–Crippen LogP) is 2.91. The Bertz CT molecular complexity index is 515. The van der Waals surface area contributed by atoms with Gasteiger partial charge in [0, 0.05) is 0 Å². The molecule has 0 spiro atoms. The largest absolute Gasteiger partial charge is 0.492 e. The van der Waals surface area contributed by atoms with Gasteiger partial charge in [-0.1, -0.05) is 25.0 Å². The number of carbonyl (C=O) groups is 2. The molecule has 2 N–H and O–H groups in total. The van der Waals surface area contributed by atoms with Crippen LogP contribution in [-0.2, 0) is 9.59 Å². The van der Waals surface area contributed by atoms with Gasteiger partial charge in [-0.05, 0) is 31.9 Å². The Morgan fingerprint density at radius 2 is 1.90 bits per heavy atom. The van der Waals surface area contributed by atoms with Crippen LogP contribution in [0, 0.1) is 11.8 Å². The molecule has 0 radical (unpaired) electrons. The van der Waals surface area contributed by atoms with Crippen LogP contribution in [0.3, 0.4) is 0 Å². The number of para-hydroxylation sites is 2. The average Bonchev–Trinajstić information content (AvgIpc) is 2.49. The molecule has 0 unspecified atom stereocenters. The Morgan fingerprint density at radius 1 is 1.24 bits per heavy atom. The summed E-state index contributed by atoms with van der Waals surface area (Å²) in [7, 11) is 0. The number of rotatable bonds is 5.